The van der Waals surface area contributed by atoms with Gasteiger partial charge < -0.3 is 15.2 Å². The van der Waals surface area contributed by atoms with Gasteiger partial charge in [0.05, 0.1) is 35.7 Å². The Kier molecular flexibility index (Phi) is 6.03. The van der Waals surface area contributed by atoms with E-state index in [4.69, 9.17) is 16.3 Å². The fraction of sp³-hybridized carbons (Fsp3) is 0.522. The number of nitrogens with one attached hydrogen (secondary N) is 1. The molecule has 2 aliphatic heterocycles. The molecule has 4 rings (SSSR count). The minimum Gasteiger partial charge on any atom is -0.389 e. The maximum atomic E-state index is 15.1. The molecule has 2 aromatic rings. The number of aliphatic imine (C=N–C) groups is 1. The molecule has 6 nitrogen and oxygen atoms in total. The number of nitrogens with zero attached hydrogens (tertiary/aromatic N) is 3. The Labute approximate surface area is 186 Å². The van der Waals surface area contributed by atoms with Gasteiger partial charge in [-0.3, -0.25) is 4.99 Å². The Balaban J connectivity index is 1.70. The van der Waals surface area contributed by atoms with E-state index in [1.807, 2.05) is 6.07 Å². The zero-order valence-corrected chi connectivity index (χ0v) is 19.0. The van der Waals surface area contributed by atoms with Crippen molar-refractivity contribution in [2.24, 2.45) is 10.9 Å². The molecule has 0 unspecified atom stereocenters. The highest BCUT2D eigenvalue weighted by Gasteiger charge is 2.39. The van der Waals surface area contributed by atoms with E-state index in [1.165, 1.54) is 12.3 Å². The summed E-state index contributed by atoms with van der Waals surface area (Å²) in [6, 6.07) is 3.14. The molecule has 1 saturated heterocycles. The van der Waals surface area contributed by atoms with Crippen molar-refractivity contribution in [3.05, 3.63) is 34.7 Å². The van der Waals surface area contributed by atoms with Gasteiger partial charge in [-0.05, 0) is 36.5 Å². The average Bonchev–Trinajstić information content (AvgIpc) is 3.01. The number of hydrogen-bond acceptors (Lipinski definition) is 6. The first-order chi connectivity index (χ1) is 14.7. The Morgan fingerprint density at radius 1 is 1.39 bits per heavy atom. The van der Waals surface area contributed by atoms with Gasteiger partial charge >= 0.3 is 0 Å². The van der Waals surface area contributed by atoms with Gasteiger partial charge in [0, 0.05) is 23.3 Å². The molecule has 0 saturated carbocycles. The standard InChI is InChI=1S/C23H28ClFN4O2/c1-5-12(2)21-23(3,4)14-8-13(9-16(25)20(14)28-21)19-15(24)10-26-22(29-19)27-17-6-7-31-11-18(17)30/h8-10,12,17-18,30H,5-7,11H2,1-4H3,(H,26,27,29)/t12-,17+,18+/m0/s1. The van der Waals surface area contributed by atoms with Gasteiger partial charge in [0.25, 0.3) is 0 Å². The van der Waals surface area contributed by atoms with Gasteiger partial charge in [-0.25, -0.2) is 14.4 Å². The third-order valence-corrected chi connectivity index (χ3v) is 6.62. The zero-order valence-electron chi connectivity index (χ0n) is 18.2. The van der Waals surface area contributed by atoms with Gasteiger partial charge in [-0.2, -0.15) is 0 Å². The molecule has 3 heterocycles. The molecule has 0 radical (unpaired) electrons. The molecule has 2 N–H and O–H groups in total. The monoisotopic (exact) mass is 446 g/mol. The van der Waals surface area contributed by atoms with Crippen molar-refractivity contribution in [2.45, 2.75) is 58.1 Å². The highest BCUT2D eigenvalue weighted by atomic mass is 35.5. The normalized spacial score (nSPS) is 23.3. The first kappa shape index (κ1) is 22.1. The summed E-state index contributed by atoms with van der Waals surface area (Å²) < 4.78 is 20.4. The number of halogens is 2. The lowest BCUT2D eigenvalue weighted by Gasteiger charge is -2.28. The van der Waals surface area contributed by atoms with E-state index in [2.05, 4.69) is 48.0 Å². The molecular formula is C23H28ClFN4O2. The molecule has 1 fully saturated rings. The summed E-state index contributed by atoms with van der Waals surface area (Å²) in [5, 5.41) is 13.6. The number of fused-ring (bicyclic) bond motifs is 1. The second-order valence-electron chi connectivity index (χ2n) is 8.86. The number of ether oxygens (including phenoxy) is 1. The van der Waals surface area contributed by atoms with Crippen LogP contribution in [0.5, 0.6) is 0 Å². The van der Waals surface area contributed by atoms with Crippen LogP contribution in [-0.4, -0.2) is 46.1 Å². The van der Waals surface area contributed by atoms with Crippen molar-refractivity contribution in [2.75, 3.05) is 18.5 Å². The number of hydrogen-bond donors (Lipinski definition) is 2. The quantitative estimate of drug-likeness (QED) is 0.682. The average molecular weight is 447 g/mol. The summed E-state index contributed by atoms with van der Waals surface area (Å²) in [6.45, 7) is 9.21. The number of anilines is 1. The first-order valence-corrected chi connectivity index (χ1v) is 11.1. The predicted octanol–water partition coefficient (Wildman–Crippen LogP) is 4.91. The SMILES string of the molecule is CC[C@H](C)C1=Nc2c(F)cc(-c3nc(N[C@@H]4CCOC[C@H]4O)ncc3Cl)cc2C1(C)C. The van der Waals surface area contributed by atoms with Crippen molar-refractivity contribution in [3.63, 3.8) is 0 Å². The van der Waals surface area contributed by atoms with Gasteiger partial charge in [-0.15, -0.1) is 0 Å². The van der Waals surface area contributed by atoms with E-state index >= 15 is 4.39 Å². The maximum absolute atomic E-state index is 15.1. The lowest BCUT2D eigenvalue weighted by molar-refractivity contribution is -0.0136. The lowest BCUT2D eigenvalue weighted by Crippen LogP contribution is -2.42. The minimum absolute atomic E-state index is 0.218. The molecule has 8 heteroatoms. The summed E-state index contributed by atoms with van der Waals surface area (Å²) >= 11 is 6.40. The van der Waals surface area contributed by atoms with Crippen LogP contribution in [0.25, 0.3) is 11.3 Å². The van der Waals surface area contributed by atoms with Crippen LogP contribution >= 0.6 is 11.6 Å². The fourth-order valence-electron chi connectivity index (χ4n) is 4.34. The molecule has 0 spiro atoms. The van der Waals surface area contributed by atoms with E-state index in [9.17, 15) is 5.11 Å². The van der Waals surface area contributed by atoms with Crippen LogP contribution < -0.4 is 5.32 Å². The number of aliphatic hydroxyl groups excluding tert-OH is 1. The van der Waals surface area contributed by atoms with Crippen LogP contribution in [0.15, 0.2) is 23.3 Å². The number of aliphatic hydroxyl groups is 1. The van der Waals surface area contributed by atoms with Crippen LogP contribution in [0.4, 0.5) is 16.0 Å². The Morgan fingerprint density at radius 2 is 2.16 bits per heavy atom. The summed E-state index contributed by atoms with van der Waals surface area (Å²) in [7, 11) is 0. The Morgan fingerprint density at radius 3 is 2.87 bits per heavy atom. The molecule has 166 valence electrons. The van der Waals surface area contributed by atoms with Crippen LogP contribution in [0.3, 0.4) is 0 Å². The van der Waals surface area contributed by atoms with Gasteiger partial charge in [0.1, 0.15) is 11.5 Å². The topological polar surface area (TPSA) is 79.6 Å². The number of benzene rings is 1. The molecule has 3 atom stereocenters. The molecule has 1 aromatic carbocycles. The van der Waals surface area contributed by atoms with E-state index in [1.54, 1.807) is 0 Å². The van der Waals surface area contributed by atoms with Crippen molar-refractivity contribution in [3.8, 4) is 11.3 Å². The van der Waals surface area contributed by atoms with Gasteiger partial charge in [0.2, 0.25) is 5.95 Å². The summed E-state index contributed by atoms with van der Waals surface area (Å²) in [5.41, 5.74) is 2.86. The second kappa shape index (κ2) is 8.45. The molecule has 2 aliphatic rings. The second-order valence-corrected chi connectivity index (χ2v) is 9.26. The largest absolute Gasteiger partial charge is 0.389 e. The van der Waals surface area contributed by atoms with Gasteiger partial charge in [0.15, 0.2) is 0 Å². The molecular weight excluding hydrogens is 419 g/mol. The lowest BCUT2D eigenvalue weighted by atomic mass is 9.76. The first-order valence-electron chi connectivity index (χ1n) is 10.7. The smallest absolute Gasteiger partial charge is 0.223 e. The van der Waals surface area contributed by atoms with E-state index < -0.39 is 6.10 Å². The third kappa shape index (κ3) is 4.06. The van der Waals surface area contributed by atoms with E-state index in [0.29, 0.717) is 40.9 Å². The zero-order chi connectivity index (χ0) is 22.3. The Hall–Kier alpha value is -2.09. The highest BCUT2D eigenvalue weighted by Crippen LogP contribution is 2.46. The van der Waals surface area contributed by atoms with Crippen molar-refractivity contribution in [1.29, 1.82) is 0 Å². The van der Waals surface area contributed by atoms with Crippen molar-refractivity contribution >= 4 is 28.9 Å². The highest BCUT2D eigenvalue weighted by molar-refractivity contribution is 6.33. The number of aromatic nitrogens is 2. The van der Waals surface area contributed by atoms with Crippen LogP contribution in [-0.2, 0) is 10.2 Å². The number of rotatable bonds is 5. The maximum Gasteiger partial charge on any atom is 0.223 e. The third-order valence-electron chi connectivity index (χ3n) is 6.35. The molecule has 31 heavy (non-hydrogen) atoms. The van der Waals surface area contributed by atoms with Gasteiger partial charge in [-0.1, -0.05) is 39.3 Å². The molecule has 1 aromatic heterocycles. The van der Waals surface area contributed by atoms with Crippen molar-refractivity contribution in [1.82, 2.24) is 9.97 Å². The van der Waals surface area contributed by atoms with E-state index in [0.717, 1.165) is 17.7 Å². The Bertz CT molecular complexity index is 1030. The summed E-state index contributed by atoms with van der Waals surface area (Å²) in [4.78, 5) is 13.4. The van der Waals surface area contributed by atoms with Crippen LogP contribution in [0.2, 0.25) is 5.02 Å². The molecule has 0 bridgehead atoms. The minimum atomic E-state index is -0.647. The molecule has 0 amide bonds. The fourth-order valence-corrected chi connectivity index (χ4v) is 4.54. The van der Waals surface area contributed by atoms with Crippen LogP contribution in [0, 0.1) is 11.7 Å². The molecule has 0 aliphatic carbocycles. The van der Waals surface area contributed by atoms with Crippen LogP contribution in [0.1, 0.15) is 46.1 Å². The van der Waals surface area contributed by atoms with E-state index in [-0.39, 0.29) is 29.8 Å². The predicted molar refractivity (Wildman–Crippen MR) is 121 cm³/mol. The van der Waals surface area contributed by atoms with Crippen molar-refractivity contribution < 1.29 is 14.2 Å². The summed E-state index contributed by atoms with van der Waals surface area (Å²) in [5.74, 6) is 0.208. The summed E-state index contributed by atoms with van der Waals surface area (Å²) in [6.07, 6.45) is 2.43.